The van der Waals surface area contributed by atoms with E-state index in [2.05, 4.69) is 4.72 Å². The van der Waals surface area contributed by atoms with Gasteiger partial charge < -0.3 is 9.64 Å². The molecule has 1 saturated heterocycles. The van der Waals surface area contributed by atoms with E-state index in [-0.39, 0.29) is 10.8 Å². The molecule has 3 rings (SSSR count). The molecule has 0 atom stereocenters. The smallest absolute Gasteiger partial charge is 0.254 e. The Hall–Kier alpha value is -2.22. The summed E-state index contributed by atoms with van der Waals surface area (Å²) in [5.41, 5.74) is 2.24. The normalized spacial score (nSPS) is 14.9. The molecule has 0 unspecified atom stereocenters. The lowest BCUT2D eigenvalue weighted by molar-refractivity contribution is 0.0302. The van der Waals surface area contributed by atoms with Crippen molar-refractivity contribution in [2.75, 3.05) is 32.8 Å². The molecule has 1 amide bonds. The third kappa shape index (κ3) is 4.94. The average Bonchev–Trinajstić information content (AvgIpc) is 2.69. The van der Waals surface area contributed by atoms with Gasteiger partial charge in [0.05, 0.1) is 18.1 Å². The second kappa shape index (κ2) is 8.65. The number of ether oxygens (including phenoxy) is 1. The molecule has 0 aromatic heterocycles. The van der Waals surface area contributed by atoms with Gasteiger partial charge in [0.25, 0.3) is 5.91 Å². The van der Waals surface area contributed by atoms with E-state index < -0.39 is 10.0 Å². The summed E-state index contributed by atoms with van der Waals surface area (Å²) in [5, 5.41) is 0. The summed E-state index contributed by atoms with van der Waals surface area (Å²) in [4.78, 5) is 14.6. The first-order chi connectivity index (χ1) is 13.0. The Morgan fingerprint density at radius 1 is 1.11 bits per heavy atom. The van der Waals surface area contributed by atoms with E-state index in [1.807, 2.05) is 37.3 Å². The second-order valence-electron chi connectivity index (χ2n) is 6.51. The van der Waals surface area contributed by atoms with Crippen molar-refractivity contribution in [3.05, 3.63) is 65.2 Å². The molecular weight excluding hydrogens is 364 g/mol. The quantitative estimate of drug-likeness (QED) is 0.821. The van der Waals surface area contributed by atoms with Crippen LogP contribution in [0.15, 0.2) is 53.4 Å². The molecule has 1 aliphatic rings. The standard InChI is InChI=1S/C20H24N2O4S/c1-16-7-8-18(15-19(16)20(23)22-11-13-26-14-12-22)27(24,25)21-10-9-17-5-3-2-4-6-17/h2-8,15,21H,9-14H2,1H3. The minimum atomic E-state index is -3.68. The average molecular weight is 388 g/mol. The van der Waals surface area contributed by atoms with Crippen LogP contribution in [0.25, 0.3) is 0 Å². The van der Waals surface area contributed by atoms with E-state index in [9.17, 15) is 13.2 Å². The maximum absolute atomic E-state index is 12.8. The van der Waals surface area contributed by atoms with Crippen LogP contribution in [-0.2, 0) is 21.2 Å². The van der Waals surface area contributed by atoms with Crippen LogP contribution in [0.3, 0.4) is 0 Å². The number of rotatable bonds is 6. The fraction of sp³-hybridized carbons (Fsp3) is 0.350. The Kier molecular flexibility index (Phi) is 6.26. The van der Waals surface area contributed by atoms with Crippen LogP contribution in [0, 0.1) is 6.92 Å². The molecule has 0 aliphatic carbocycles. The molecule has 2 aromatic rings. The maximum atomic E-state index is 12.8. The first-order valence-electron chi connectivity index (χ1n) is 8.98. The Morgan fingerprint density at radius 3 is 2.52 bits per heavy atom. The number of aryl methyl sites for hydroxylation is 1. The summed E-state index contributed by atoms with van der Waals surface area (Å²) < 4.78 is 33.1. The topological polar surface area (TPSA) is 75.7 Å². The monoisotopic (exact) mass is 388 g/mol. The molecule has 144 valence electrons. The van der Waals surface area contributed by atoms with E-state index in [1.54, 1.807) is 11.0 Å². The fourth-order valence-corrected chi connectivity index (χ4v) is 4.05. The van der Waals surface area contributed by atoms with Gasteiger partial charge in [0, 0.05) is 25.2 Å². The summed E-state index contributed by atoms with van der Waals surface area (Å²) in [7, 11) is -3.68. The molecule has 2 aromatic carbocycles. The molecule has 1 N–H and O–H groups in total. The van der Waals surface area contributed by atoms with E-state index >= 15 is 0 Å². The highest BCUT2D eigenvalue weighted by Crippen LogP contribution is 2.18. The number of benzene rings is 2. The van der Waals surface area contributed by atoms with Crippen LogP contribution in [0.4, 0.5) is 0 Å². The van der Waals surface area contributed by atoms with Gasteiger partial charge in [-0.3, -0.25) is 4.79 Å². The largest absolute Gasteiger partial charge is 0.378 e. The lowest BCUT2D eigenvalue weighted by Crippen LogP contribution is -2.41. The third-order valence-electron chi connectivity index (χ3n) is 4.60. The minimum absolute atomic E-state index is 0.109. The highest BCUT2D eigenvalue weighted by molar-refractivity contribution is 7.89. The Bertz CT molecular complexity index is 891. The molecule has 0 spiro atoms. The van der Waals surface area contributed by atoms with Crippen molar-refractivity contribution in [3.8, 4) is 0 Å². The van der Waals surface area contributed by atoms with Crippen molar-refractivity contribution in [2.45, 2.75) is 18.2 Å². The summed E-state index contributed by atoms with van der Waals surface area (Å²) in [6.45, 7) is 4.16. The number of sulfonamides is 1. The van der Waals surface area contributed by atoms with Crippen molar-refractivity contribution < 1.29 is 17.9 Å². The Balaban J connectivity index is 1.72. The summed E-state index contributed by atoms with van der Waals surface area (Å²) >= 11 is 0. The van der Waals surface area contributed by atoms with Crippen molar-refractivity contribution in [2.24, 2.45) is 0 Å². The van der Waals surface area contributed by atoms with E-state index in [0.29, 0.717) is 44.8 Å². The fourth-order valence-electron chi connectivity index (χ4n) is 2.99. The number of morpholine rings is 1. The molecular formula is C20H24N2O4S. The van der Waals surface area contributed by atoms with Crippen LogP contribution in [0.2, 0.25) is 0 Å². The zero-order valence-corrected chi connectivity index (χ0v) is 16.2. The van der Waals surface area contributed by atoms with Crippen LogP contribution in [-0.4, -0.2) is 52.1 Å². The van der Waals surface area contributed by atoms with Gasteiger partial charge in [-0.05, 0) is 36.6 Å². The molecule has 1 aliphatic heterocycles. The highest BCUT2D eigenvalue weighted by Gasteiger charge is 2.22. The first kappa shape index (κ1) is 19.5. The number of nitrogens with zero attached hydrogens (tertiary/aromatic N) is 1. The lowest BCUT2D eigenvalue weighted by atomic mass is 10.1. The van der Waals surface area contributed by atoms with Gasteiger partial charge in [-0.2, -0.15) is 0 Å². The van der Waals surface area contributed by atoms with Gasteiger partial charge in [-0.1, -0.05) is 36.4 Å². The van der Waals surface area contributed by atoms with Crippen molar-refractivity contribution >= 4 is 15.9 Å². The Labute approximate surface area is 160 Å². The van der Waals surface area contributed by atoms with Crippen LogP contribution in [0.1, 0.15) is 21.5 Å². The molecule has 0 radical (unpaired) electrons. The van der Waals surface area contributed by atoms with Crippen LogP contribution < -0.4 is 4.72 Å². The van der Waals surface area contributed by atoms with Crippen molar-refractivity contribution in [3.63, 3.8) is 0 Å². The van der Waals surface area contributed by atoms with Crippen LogP contribution >= 0.6 is 0 Å². The maximum Gasteiger partial charge on any atom is 0.254 e. The second-order valence-corrected chi connectivity index (χ2v) is 8.28. The van der Waals surface area contributed by atoms with Gasteiger partial charge >= 0.3 is 0 Å². The van der Waals surface area contributed by atoms with E-state index in [4.69, 9.17) is 4.74 Å². The molecule has 0 saturated carbocycles. The van der Waals surface area contributed by atoms with Gasteiger partial charge in [-0.15, -0.1) is 0 Å². The lowest BCUT2D eigenvalue weighted by Gasteiger charge is -2.27. The highest BCUT2D eigenvalue weighted by atomic mass is 32.2. The molecule has 0 bridgehead atoms. The SMILES string of the molecule is Cc1ccc(S(=O)(=O)NCCc2ccccc2)cc1C(=O)N1CCOCC1. The predicted molar refractivity (Wildman–Crippen MR) is 103 cm³/mol. The minimum Gasteiger partial charge on any atom is -0.378 e. The molecule has 27 heavy (non-hydrogen) atoms. The number of carbonyl (C=O) groups excluding carboxylic acids is 1. The van der Waals surface area contributed by atoms with E-state index in [0.717, 1.165) is 11.1 Å². The zero-order valence-electron chi connectivity index (χ0n) is 15.3. The number of hydrogen-bond acceptors (Lipinski definition) is 4. The van der Waals surface area contributed by atoms with Crippen molar-refractivity contribution in [1.82, 2.24) is 9.62 Å². The van der Waals surface area contributed by atoms with Gasteiger partial charge in [0.15, 0.2) is 0 Å². The first-order valence-corrected chi connectivity index (χ1v) is 10.5. The molecule has 1 fully saturated rings. The van der Waals surface area contributed by atoms with Gasteiger partial charge in [-0.25, -0.2) is 13.1 Å². The molecule has 1 heterocycles. The van der Waals surface area contributed by atoms with Gasteiger partial charge in [0.1, 0.15) is 0 Å². The van der Waals surface area contributed by atoms with Crippen molar-refractivity contribution in [1.29, 1.82) is 0 Å². The summed E-state index contributed by atoms with van der Waals surface area (Å²) in [6.07, 6.45) is 0.603. The summed E-state index contributed by atoms with van der Waals surface area (Å²) in [6, 6.07) is 14.4. The van der Waals surface area contributed by atoms with E-state index in [1.165, 1.54) is 12.1 Å². The summed E-state index contributed by atoms with van der Waals surface area (Å²) in [5.74, 6) is -0.155. The van der Waals surface area contributed by atoms with Crippen LogP contribution in [0.5, 0.6) is 0 Å². The number of amides is 1. The van der Waals surface area contributed by atoms with Gasteiger partial charge in [0.2, 0.25) is 10.0 Å². The number of carbonyl (C=O) groups is 1. The third-order valence-corrected chi connectivity index (χ3v) is 6.06. The number of hydrogen-bond donors (Lipinski definition) is 1. The molecule has 7 heteroatoms. The predicted octanol–water partition coefficient (Wildman–Crippen LogP) is 1.99. The molecule has 6 nitrogen and oxygen atoms in total. The number of nitrogens with one attached hydrogen (secondary N) is 1. The zero-order chi connectivity index (χ0) is 19.3. The Morgan fingerprint density at radius 2 is 1.81 bits per heavy atom.